The molecule has 1 heterocycles. The highest BCUT2D eigenvalue weighted by atomic mass is 19.1. The fourth-order valence-electron chi connectivity index (χ4n) is 2.58. The van der Waals surface area contributed by atoms with Crippen molar-refractivity contribution in [3.63, 3.8) is 0 Å². The highest BCUT2D eigenvalue weighted by Crippen LogP contribution is 2.04. The van der Waals surface area contributed by atoms with E-state index in [1.54, 1.807) is 19.2 Å². The predicted molar refractivity (Wildman–Crippen MR) is 95.8 cm³/mol. The number of aliphatic imine (C=N–C) groups is 1. The first-order valence-electron chi connectivity index (χ1n) is 8.28. The third-order valence-electron chi connectivity index (χ3n) is 3.76. The molecule has 0 aliphatic rings. The molecule has 0 aliphatic heterocycles. The maximum absolute atomic E-state index is 13.1. The first-order chi connectivity index (χ1) is 11.6. The van der Waals surface area contributed by atoms with E-state index in [-0.39, 0.29) is 5.82 Å². The van der Waals surface area contributed by atoms with E-state index in [0.29, 0.717) is 6.54 Å². The molecule has 2 N–H and O–H groups in total. The molecule has 2 rings (SSSR count). The standard InChI is InChI=1S/C18H26FN5/c1-14-12-15(2)24(23-14)11-5-9-21-18(20-3)22-10-8-16-6-4-7-17(19)13-16/h4,6-7,12-13H,5,8-11H2,1-3H3,(H2,20,21,22). The summed E-state index contributed by atoms with van der Waals surface area (Å²) in [5.41, 5.74) is 3.21. The minimum atomic E-state index is -0.195. The van der Waals surface area contributed by atoms with Crippen LogP contribution in [0.5, 0.6) is 0 Å². The van der Waals surface area contributed by atoms with Crippen molar-refractivity contribution < 1.29 is 4.39 Å². The summed E-state index contributed by atoms with van der Waals surface area (Å²) in [6.07, 6.45) is 1.72. The summed E-state index contributed by atoms with van der Waals surface area (Å²) >= 11 is 0. The predicted octanol–water partition coefficient (Wildman–Crippen LogP) is 2.44. The Kier molecular flexibility index (Phi) is 6.78. The van der Waals surface area contributed by atoms with Crippen molar-refractivity contribution in [1.29, 1.82) is 0 Å². The monoisotopic (exact) mass is 331 g/mol. The lowest BCUT2D eigenvalue weighted by Gasteiger charge is -2.12. The lowest BCUT2D eigenvalue weighted by molar-refractivity contribution is 0.555. The topological polar surface area (TPSA) is 54.2 Å². The molecule has 0 saturated heterocycles. The normalized spacial score (nSPS) is 11.6. The second kappa shape index (κ2) is 9.05. The molecule has 5 nitrogen and oxygen atoms in total. The number of aryl methyl sites for hydroxylation is 3. The van der Waals surface area contributed by atoms with E-state index in [0.717, 1.165) is 43.1 Å². The molecule has 0 bridgehead atoms. The quantitative estimate of drug-likeness (QED) is 0.465. The van der Waals surface area contributed by atoms with Crippen LogP contribution < -0.4 is 10.6 Å². The van der Waals surface area contributed by atoms with Gasteiger partial charge in [0.05, 0.1) is 5.69 Å². The number of hydrogen-bond acceptors (Lipinski definition) is 2. The number of aromatic nitrogens is 2. The van der Waals surface area contributed by atoms with Gasteiger partial charge in [0.15, 0.2) is 5.96 Å². The summed E-state index contributed by atoms with van der Waals surface area (Å²) in [7, 11) is 1.75. The smallest absolute Gasteiger partial charge is 0.190 e. The van der Waals surface area contributed by atoms with Crippen LogP contribution in [-0.2, 0) is 13.0 Å². The second-order valence-corrected chi connectivity index (χ2v) is 5.81. The van der Waals surface area contributed by atoms with Crippen LogP contribution in [0.15, 0.2) is 35.3 Å². The van der Waals surface area contributed by atoms with Crippen LogP contribution in [0.3, 0.4) is 0 Å². The van der Waals surface area contributed by atoms with Crippen molar-refractivity contribution >= 4 is 5.96 Å². The fraction of sp³-hybridized carbons (Fsp3) is 0.444. The average Bonchev–Trinajstić information content (AvgIpc) is 2.87. The van der Waals surface area contributed by atoms with Crippen molar-refractivity contribution in [2.24, 2.45) is 4.99 Å². The van der Waals surface area contributed by atoms with Crippen molar-refractivity contribution in [2.45, 2.75) is 33.2 Å². The molecule has 0 radical (unpaired) electrons. The van der Waals surface area contributed by atoms with Crippen molar-refractivity contribution in [2.75, 3.05) is 20.1 Å². The van der Waals surface area contributed by atoms with E-state index >= 15 is 0 Å². The molecule has 0 fully saturated rings. The minimum Gasteiger partial charge on any atom is -0.356 e. The highest BCUT2D eigenvalue weighted by Gasteiger charge is 2.02. The molecule has 2 aromatic rings. The van der Waals surface area contributed by atoms with Gasteiger partial charge in [-0.3, -0.25) is 9.67 Å². The Bertz CT molecular complexity index is 678. The van der Waals surface area contributed by atoms with Crippen LogP contribution in [0.25, 0.3) is 0 Å². The molecule has 0 aliphatic carbocycles. The van der Waals surface area contributed by atoms with Crippen LogP contribution >= 0.6 is 0 Å². The Morgan fingerprint density at radius 1 is 1.21 bits per heavy atom. The summed E-state index contributed by atoms with van der Waals surface area (Å²) < 4.78 is 15.2. The van der Waals surface area contributed by atoms with Crippen LogP contribution in [0.1, 0.15) is 23.4 Å². The van der Waals surface area contributed by atoms with E-state index in [9.17, 15) is 4.39 Å². The molecule has 6 heteroatoms. The zero-order valence-corrected chi connectivity index (χ0v) is 14.6. The van der Waals surface area contributed by atoms with E-state index in [1.165, 1.54) is 11.8 Å². The van der Waals surface area contributed by atoms with Gasteiger partial charge in [-0.15, -0.1) is 0 Å². The molecule has 1 aromatic heterocycles. The summed E-state index contributed by atoms with van der Waals surface area (Å²) in [5, 5.41) is 11.0. The van der Waals surface area contributed by atoms with Gasteiger partial charge in [-0.2, -0.15) is 5.10 Å². The van der Waals surface area contributed by atoms with Crippen LogP contribution in [0, 0.1) is 19.7 Å². The number of benzene rings is 1. The molecular weight excluding hydrogens is 305 g/mol. The zero-order valence-electron chi connectivity index (χ0n) is 14.6. The third kappa shape index (κ3) is 5.68. The molecule has 24 heavy (non-hydrogen) atoms. The number of hydrogen-bond donors (Lipinski definition) is 2. The molecular formula is C18H26FN5. The van der Waals surface area contributed by atoms with Gasteiger partial charge >= 0.3 is 0 Å². The van der Waals surface area contributed by atoms with Crippen LogP contribution in [-0.4, -0.2) is 35.9 Å². The molecule has 0 amide bonds. The van der Waals surface area contributed by atoms with Crippen LogP contribution in [0.2, 0.25) is 0 Å². The largest absolute Gasteiger partial charge is 0.356 e. The highest BCUT2D eigenvalue weighted by molar-refractivity contribution is 5.79. The average molecular weight is 331 g/mol. The summed E-state index contributed by atoms with van der Waals surface area (Å²) in [5.74, 6) is 0.568. The molecule has 1 aromatic carbocycles. The summed E-state index contributed by atoms with van der Waals surface area (Å²) in [6.45, 7) is 6.48. The zero-order chi connectivity index (χ0) is 17.4. The van der Waals surface area contributed by atoms with Gasteiger partial charge < -0.3 is 10.6 Å². The van der Waals surface area contributed by atoms with Gasteiger partial charge in [0.2, 0.25) is 0 Å². The van der Waals surface area contributed by atoms with Gasteiger partial charge in [0, 0.05) is 32.4 Å². The Labute approximate surface area is 143 Å². The Hall–Kier alpha value is -2.37. The number of rotatable bonds is 7. The van der Waals surface area contributed by atoms with Crippen LogP contribution in [0.4, 0.5) is 4.39 Å². The van der Waals surface area contributed by atoms with Crippen molar-refractivity contribution in [3.05, 3.63) is 53.1 Å². The van der Waals surface area contributed by atoms with Crippen molar-refractivity contribution in [1.82, 2.24) is 20.4 Å². The lowest BCUT2D eigenvalue weighted by atomic mass is 10.1. The van der Waals surface area contributed by atoms with E-state index in [4.69, 9.17) is 0 Å². The van der Waals surface area contributed by atoms with Gasteiger partial charge in [0.25, 0.3) is 0 Å². The van der Waals surface area contributed by atoms with Gasteiger partial charge in [-0.05, 0) is 50.5 Å². The third-order valence-corrected chi connectivity index (χ3v) is 3.76. The summed E-state index contributed by atoms with van der Waals surface area (Å²) in [4.78, 5) is 4.20. The van der Waals surface area contributed by atoms with Crippen molar-refractivity contribution in [3.8, 4) is 0 Å². The lowest BCUT2D eigenvalue weighted by Crippen LogP contribution is -2.39. The van der Waals surface area contributed by atoms with E-state index in [2.05, 4.69) is 33.7 Å². The number of guanidine groups is 1. The first-order valence-corrected chi connectivity index (χ1v) is 8.28. The van der Waals surface area contributed by atoms with E-state index < -0.39 is 0 Å². The molecule has 0 spiro atoms. The molecule has 0 atom stereocenters. The van der Waals surface area contributed by atoms with E-state index in [1.807, 2.05) is 17.7 Å². The Balaban J connectivity index is 1.66. The number of nitrogens with one attached hydrogen (secondary N) is 2. The SMILES string of the molecule is CN=C(NCCCn1nc(C)cc1C)NCCc1cccc(F)c1. The maximum Gasteiger partial charge on any atom is 0.190 e. The molecule has 130 valence electrons. The van der Waals surface area contributed by atoms with Gasteiger partial charge in [-0.1, -0.05) is 12.1 Å². The fourth-order valence-corrected chi connectivity index (χ4v) is 2.58. The Morgan fingerprint density at radius 3 is 2.67 bits per heavy atom. The molecule has 0 unspecified atom stereocenters. The number of halogens is 1. The summed E-state index contributed by atoms with van der Waals surface area (Å²) in [6, 6.07) is 8.76. The Morgan fingerprint density at radius 2 is 2.00 bits per heavy atom. The van der Waals surface area contributed by atoms with Gasteiger partial charge in [-0.25, -0.2) is 4.39 Å². The number of nitrogens with zero attached hydrogens (tertiary/aromatic N) is 3. The minimum absolute atomic E-state index is 0.195. The first kappa shape index (κ1) is 18.0. The van der Waals surface area contributed by atoms with Gasteiger partial charge in [0.1, 0.15) is 5.82 Å². The second-order valence-electron chi connectivity index (χ2n) is 5.81. The molecule has 0 saturated carbocycles. The maximum atomic E-state index is 13.1.